The molecule has 5 rings (SSSR count). The van der Waals surface area contributed by atoms with Crippen LogP contribution >= 0.6 is 11.6 Å². The molecule has 3 aliphatic carbocycles. The Morgan fingerprint density at radius 2 is 1.94 bits per heavy atom. The zero-order valence-electron chi connectivity index (χ0n) is 17.9. The molecule has 0 bridgehead atoms. The van der Waals surface area contributed by atoms with Crippen LogP contribution in [-0.2, 0) is 21.4 Å². The average Bonchev–Trinajstić information content (AvgIpc) is 3.51. The summed E-state index contributed by atoms with van der Waals surface area (Å²) < 4.78 is 5.27. The van der Waals surface area contributed by atoms with Crippen molar-refractivity contribution in [2.45, 2.75) is 49.5 Å². The van der Waals surface area contributed by atoms with Crippen molar-refractivity contribution in [1.29, 1.82) is 0 Å². The molecular weight excluding hydrogens is 410 g/mol. The predicted octanol–water partition coefficient (Wildman–Crippen LogP) is 4.98. The minimum absolute atomic E-state index is 0.0821. The SMILES string of the molecule is COC(=O)C1(Nc2cccc(Cl)c2)CCC2(CC1)c1ccccc1CC2[C@H]1C[C@@H]1CO. The molecule has 2 fully saturated rings. The quantitative estimate of drug-likeness (QED) is 0.645. The second kappa shape index (κ2) is 7.83. The summed E-state index contributed by atoms with van der Waals surface area (Å²) in [5.74, 6) is 1.37. The maximum absolute atomic E-state index is 13.0. The maximum Gasteiger partial charge on any atom is 0.331 e. The van der Waals surface area contributed by atoms with Crippen molar-refractivity contribution in [3.05, 3.63) is 64.7 Å². The molecule has 2 aromatic carbocycles. The van der Waals surface area contributed by atoms with E-state index >= 15 is 0 Å². The van der Waals surface area contributed by atoms with Crippen molar-refractivity contribution >= 4 is 23.3 Å². The normalized spacial score (nSPS) is 33.7. The Morgan fingerprint density at radius 1 is 1.16 bits per heavy atom. The molecule has 0 amide bonds. The van der Waals surface area contributed by atoms with Crippen LogP contribution in [0.15, 0.2) is 48.5 Å². The fourth-order valence-electron chi connectivity index (χ4n) is 6.53. The first kappa shape index (κ1) is 20.8. The third-order valence-corrected chi connectivity index (χ3v) is 8.45. The highest BCUT2D eigenvalue weighted by Gasteiger charge is 2.59. The number of benzene rings is 2. The Balaban J connectivity index is 1.46. The number of nitrogens with one attached hydrogen (secondary N) is 1. The lowest BCUT2D eigenvalue weighted by Gasteiger charge is -2.47. The minimum Gasteiger partial charge on any atom is -0.467 e. The first-order valence-electron chi connectivity index (χ1n) is 11.3. The lowest BCUT2D eigenvalue weighted by Crippen LogP contribution is -2.53. The van der Waals surface area contributed by atoms with E-state index in [1.165, 1.54) is 18.2 Å². The molecule has 0 aliphatic heterocycles. The van der Waals surface area contributed by atoms with Crippen LogP contribution < -0.4 is 5.32 Å². The van der Waals surface area contributed by atoms with Gasteiger partial charge in [-0.2, -0.15) is 0 Å². The van der Waals surface area contributed by atoms with Crippen molar-refractivity contribution in [3.63, 3.8) is 0 Å². The zero-order valence-corrected chi connectivity index (χ0v) is 18.7. The summed E-state index contributed by atoms with van der Waals surface area (Å²) in [5.41, 5.74) is 3.10. The van der Waals surface area contributed by atoms with Gasteiger partial charge in [0.05, 0.1) is 7.11 Å². The minimum atomic E-state index is -0.743. The number of carbonyl (C=O) groups is 1. The van der Waals surface area contributed by atoms with Gasteiger partial charge in [-0.05, 0) is 91.0 Å². The smallest absolute Gasteiger partial charge is 0.331 e. The highest BCUT2D eigenvalue weighted by molar-refractivity contribution is 6.30. The molecule has 1 unspecified atom stereocenters. The summed E-state index contributed by atoms with van der Waals surface area (Å²) in [5, 5.41) is 13.9. The van der Waals surface area contributed by atoms with Crippen LogP contribution in [0.25, 0.3) is 0 Å². The fourth-order valence-corrected chi connectivity index (χ4v) is 6.72. The van der Waals surface area contributed by atoms with Crippen molar-refractivity contribution in [2.75, 3.05) is 19.0 Å². The summed E-state index contributed by atoms with van der Waals surface area (Å²) in [6, 6.07) is 16.4. The zero-order chi connectivity index (χ0) is 21.6. The molecule has 1 spiro atoms. The molecule has 0 saturated heterocycles. The number of fused-ring (bicyclic) bond motifs is 2. The standard InChI is InChI=1S/C26H30ClNO3/c1-31-24(30)26(28-20-7-4-6-19(27)15-20)11-9-25(10-12-26)22-8-3-2-5-17(22)14-23(25)21-13-18(21)16-29/h2-8,15,18,21,23,28-29H,9-14,16H2,1H3/t18-,21+,23?,25?,26?/m1/s1. The van der Waals surface area contributed by atoms with Crippen LogP contribution in [0.2, 0.25) is 5.02 Å². The number of aliphatic hydroxyl groups is 1. The van der Waals surface area contributed by atoms with Crippen molar-refractivity contribution in [2.24, 2.45) is 17.8 Å². The summed E-state index contributed by atoms with van der Waals surface area (Å²) in [6.45, 7) is 0.288. The first-order chi connectivity index (χ1) is 15.0. The monoisotopic (exact) mass is 439 g/mol. The van der Waals surface area contributed by atoms with Gasteiger partial charge in [0.15, 0.2) is 0 Å². The van der Waals surface area contributed by atoms with Gasteiger partial charge in [0.1, 0.15) is 5.54 Å². The van der Waals surface area contributed by atoms with Crippen LogP contribution in [-0.4, -0.2) is 30.3 Å². The number of hydrogen-bond donors (Lipinski definition) is 2. The molecule has 0 radical (unpaired) electrons. The number of methoxy groups -OCH3 is 1. The van der Waals surface area contributed by atoms with Gasteiger partial charge >= 0.3 is 5.97 Å². The molecule has 2 saturated carbocycles. The predicted molar refractivity (Wildman–Crippen MR) is 122 cm³/mol. The van der Waals surface area contributed by atoms with Crippen LogP contribution in [0.1, 0.15) is 43.2 Å². The second-order valence-electron chi connectivity index (χ2n) is 9.68. The van der Waals surface area contributed by atoms with E-state index in [-0.39, 0.29) is 18.0 Å². The third kappa shape index (κ3) is 3.44. The Morgan fingerprint density at radius 3 is 2.61 bits per heavy atom. The molecule has 31 heavy (non-hydrogen) atoms. The number of halogens is 1. The number of hydrogen-bond acceptors (Lipinski definition) is 4. The number of anilines is 1. The largest absolute Gasteiger partial charge is 0.467 e. The second-order valence-corrected chi connectivity index (χ2v) is 10.1. The highest BCUT2D eigenvalue weighted by atomic mass is 35.5. The van der Waals surface area contributed by atoms with E-state index in [9.17, 15) is 9.90 Å². The Kier molecular flexibility index (Phi) is 5.26. The van der Waals surface area contributed by atoms with Gasteiger partial charge in [0, 0.05) is 17.3 Å². The highest BCUT2D eigenvalue weighted by Crippen LogP contribution is 2.62. The number of carbonyl (C=O) groups excluding carboxylic acids is 1. The Bertz CT molecular complexity index is 982. The Hall–Kier alpha value is -2.04. The van der Waals surface area contributed by atoms with E-state index in [1.54, 1.807) is 0 Å². The molecule has 4 nitrogen and oxygen atoms in total. The van der Waals surface area contributed by atoms with E-state index in [4.69, 9.17) is 16.3 Å². The Labute approximate surface area is 189 Å². The lowest BCUT2D eigenvalue weighted by atomic mass is 9.59. The van der Waals surface area contributed by atoms with Gasteiger partial charge < -0.3 is 15.2 Å². The molecular formula is C26H30ClNO3. The summed E-state index contributed by atoms with van der Waals surface area (Å²) in [7, 11) is 1.47. The van der Waals surface area contributed by atoms with Crippen molar-refractivity contribution < 1.29 is 14.6 Å². The maximum atomic E-state index is 13.0. The van der Waals surface area contributed by atoms with Crippen molar-refractivity contribution in [1.82, 2.24) is 0 Å². The number of esters is 1. The summed E-state index contributed by atoms with van der Waals surface area (Å²) in [4.78, 5) is 13.0. The van der Waals surface area contributed by atoms with Crippen molar-refractivity contribution in [3.8, 4) is 0 Å². The van der Waals surface area contributed by atoms with E-state index in [1.807, 2.05) is 24.3 Å². The van der Waals surface area contributed by atoms with Crippen LogP contribution in [0.4, 0.5) is 5.69 Å². The molecule has 2 N–H and O–H groups in total. The van der Waals surface area contributed by atoms with Crippen LogP contribution in [0.5, 0.6) is 0 Å². The van der Waals surface area contributed by atoms with Crippen LogP contribution in [0, 0.1) is 17.8 Å². The van der Waals surface area contributed by atoms with Crippen LogP contribution in [0.3, 0.4) is 0 Å². The first-order valence-corrected chi connectivity index (χ1v) is 11.7. The molecule has 0 heterocycles. The van der Waals surface area contributed by atoms with Gasteiger partial charge in [0.25, 0.3) is 0 Å². The lowest BCUT2D eigenvalue weighted by molar-refractivity contribution is -0.148. The van der Waals surface area contributed by atoms with Gasteiger partial charge in [-0.1, -0.05) is 41.9 Å². The molecule has 2 aromatic rings. The van der Waals surface area contributed by atoms with E-state index in [2.05, 4.69) is 29.6 Å². The molecule has 164 valence electrons. The van der Waals surface area contributed by atoms with Gasteiger partial charge in [-0.25, -0.2) is 4.79 Å². The average molecular weight is 440 g/mol. The molecule has 5 heteroatoms. The molecule has 3 aliphatic rings. The summed E-state index contributed by atoms with van der Waals surface area (Å²) in [6.07, 6.45) is 5.52. The third-order valence-electron chi connectivity index (χ3n) is 8.21. The van der Waals surface area contributed by atoms with E-state index < -0.39 is 5.54 Å². The summed E-state index contributed by atoms with van der Waals surface area (Å²) >= 11 is 6.19. The number of ether oxygens (including phenoxy) is 1. The molecule has 0 aromatic heterocycles. The number of aliphatic hydroxyl groups excluding tert-OH is 1. The topological polar surface area (TPSA) is 58.6 Å². The fraction of sp³-hybridized carbons (Fsp3) is 0.500. The van der Waals surface area contributed by atoms with Gasteiger partial charge in [0.2, 0.25) is 0 Å². The number of rotatable bonds is 5. The molecule has 3 atom stereocenters. The van der Waals surface area contributed by atoms with E-state index in [0.717, 1.165) is 31.4 Å². The van der Waals surface area contributed by atoms with Gasteiger partial charge in [-0.3, -0.25) is 0 Å². The van der Waals surface area contributed by atoms with E-state index in [0.29, 0.717) is 35.6 Å². The van der Waals surface area contributed by atoms with Gasteiger partial charge in [-0.15, -0.1) is 0 Å².